The highest BCUT2D eigenvalue weighted by Crippen LogP contribution is 2.28. The minimum absolute atomic E-state index is 0.289. The number of benzene rings is 1. The Morgan fingerprint density at radius 3 is 2.59 bits per heavy atom. The minimum atomic E-state index is 0.289. The fraction of sp³-hybridized carbons (Fsp3) is 0.0588. The third kappa shape index (κ3) is 3.16. The summed E-state index contributed by atoms with van der Waals surface area (Å²) in [5, 5.41) is 2.37. The fourth-order valence-corrected chi connectivity index (χ4v) is 3.22. The molecule has 0 atom stereocenters. The predicted octanol–water partition coefficient (Wildman–Crippen LogP) is 4.12. The van der Waals surface area contributed by atoms with Crippen LogP contribution >= 0.6 is 23.6 Å². The summed E-state index contributed by atoms with van der Waals surface area (Å²) in [4.78, 5) is 7.62. The van der Waals surface area contributed by atoms with E-state index in [1.54, 1.807) is 17.5 Å². The average Bonchev–Trinajstić information content (AvgIpc) is 3.03. The molecule has 0 aliphatic heterocycles. The van der Waals surface area contributed by atoms with Crippen LogP contribution in [0.2, 0.25) is 0 Å². The Morgan fingerprint density at radius 2 is 1.91 bits per heavy atom. The molecule has 0 unspecified atom stereocenters. The van der Waals surface area contributed by atoms with Gasteiger partial charge in [-0.15, -0.1) is 11.3 Å². The van der Waals surface area contributed by atoms with Crippen molar-refractivity contribution in [1.82, 2.24) is 4.98 Å². The van der Waals surface area contributed by atoms with Crippen LogP contribution in [0.1, 0.15) is 10.4 Å². The SMILES string of the molecule is NC(=S)N(c1ccccc1)c1ncccc1Cc1cccs1. The second-order valence-corrected chi connectivity index (χ2v) is 6.20. The summed E-state index contributed by atoms with van der Waals surface area (Å²) in [6.45, 7) is 0. The van der Waals surface area contributed by atoms with Gasteiger partial charge >= 0.3 is 0 Å². The number of pyridine rings is 1. The second kappa shape index (κ2) is 6.68. The van der Waals surface area contributed by atoms with Gasteiger partial charge in [0, 0.05) is 28.7 Å². The minimum Gasteiger partial charge on any atom is -0.376 e. The molecule has 0 aliphatic carbocycles. The van der Waals surface area contributed by atoms with Gasteiger partial charge in [0.25, 0.3) is 0 Å². The van der Waals surface area contributed by atoms with Gasteiger partial charge in [-0.2, -0.15) is 0 Å². The topological polar surface area (TPSA) is 42.1 Å². The van der Waals surface area contributed by atoms with Crippen molar-refractivity contribution in [3.8, 4) is 0 Å². The number of para-hydroxylation sites is 1. The normalized spacial score (nSPS) is 10.4. The highest BCUT2D eigenvalue weighted by molar-refractivity contribution is 7.80. The maximum Gasteiger partial charge on any atom is 0.176 e. The summed E-state index contributed by atoms with van der Waals surface area (Å²) in [6, 6.07) is 18.0. The third-order valence-electron chi connectivity index (χ3n) is 3.26. The van der Waals surface area contributed by atoms with E-state index in [2.05, 4.69) is 28.6 Å². The Labute approximate surface area is 139 Å². The zero-order chi connectivity index (χ0) is 15.4. The Hall–Kier alpha value is -2.24. The largest absolute Gasteiger partial charge is 0.376 e. The number of nitrogens with zero attached hydrogens (tertiary/aromatic N) is 2. The van der Waals surface area contributed by atoms with E-state index in [4.69, 9.17) is 18.0 Å². The Kier molecular flexibility index (Phi) is 4.46. The lowest BCUT2D eigenvalue weighted by Crippen LogP contribution is -2.32. The van der Waals surface area contributed by atoms with Crippen LogP contribution in [0.25, 0.3) is 0 Å². The van der Waals surface area contributed by atoms with Crippen LogP contribution in [0.3, 0.4) is 0 Å². The van der Waals surface area contributed by atoms with Crippen molar-refractivity contribution in [3.63, 3.8) is 0 Å². The van der Waals surface area contributed by atoms with Gasteiger partial charge in [-0.05, 0) is 41.9 Å². The van der Waals surface area contributed by atoms with Crippen LogP contribution in [-0.2, 0) is 6.42 Å². The molecule has 0 bridgehead atoms. The molecule has 0 aliphatic rings. The van der Waals surface area contributed by atoms with Gasteiger partial charge in [-0.25, -0.2) is 4.98 Å². The number of thiophene rings is 1. The quantitative estimate of drug-likeness (QED) is 0.733. The first kappa shape index (κ1) is 14.7. The third-order valence-corrected chi connectivity index (χ3v) is 4.32. The molecule has 1 aromatic carbocycles. The molecule has 22 heavy (non-hydrogen) atoms. The van der Waals surface area contributed by atoms with Crippen molar-refractivity contribution in [3.05, 3.63) is 76.6 Å². The van der Waals surface area contributed by atoms with E-state index >= 15 is 0 Å². The summed E-state index contributed by atoms with van der Waals surface area (Å²) >= 11 is 6.99. The van der Waals surface area contributed by atoms with Crippen LogP contribution in [0.4, 0.5) is 11.5 Å². The molecule has 0 amide bonds. The Morgan fingerprint density at radius 1 is 1.09 bits per heavy atom. The zero-order valence-corrected chi connectivity index (χ0v) is 13.5. The second-order valence-electron chi connectivity index (χ2n) is 4.75. The number of thiocarbonyl (C=S) groups is 1. The van der Waals surface area contributed by atoms with Crippen molar-refractivity contribution in [2.75, 3.05) is 4.90 Å². The number of nitrogens with two attached hydrogens (primary N) is 1. The van der Waals surface area contributed by atoms with Crippen LogP contribution in [-0.4, -0.2) is 10.1 Å². The lowest BCUT2D eigenvalue weighted by molar-refractivity contribution is 1.12. The number of aromatic nitrogens is 1. The first-order valence-electron chi connectivity index (χ1n) is 6.86. The van der Waals surface area contributed by atoms with Crippen molar-refractivity contribution >= 4 is 40.2 Å². The molecule has 0 radical (unpaired) electrons. The van der Waals surface area contributed by atoms with E-state index in [-0.39, 0.29) is 5.11 Å². The van der Waals surface area contributed by atoms with E-state index in [1.165, 1.54) is 4.88 Å². The number of rotatable bonds is 4. The molecule has 2 aromatic heterocycles. The summed E-state index contributed by atoms with van der Waals surface area (Å²) in [6.07, 6.45) is 2.58. The summed E-state index contributed by atoms with van der Waals surface area (Å²) in [5.41, 5.74) is 7.98. The Bertz CT molecular complexity index is 755. The number of hydrogen-bond acceptors (Lipinski definition) is 3. The fourth-order valence-electron chi connectivity index (χ4n) is 2.30. The zero-order valence-electron chi connectivity index (χ0n) is 11.8. The molecule has 5 heteroatoms. The number of hydrogen-bond donors (Lipinski definition) is 1. The molecular weight excluding hydrogens is 310 g/mol. The molecule has 0 spiro atoms. The smallest absolute Gasteiger partial charge is 0.176 e. The van der Waals surface area contributed by atoms with Gasteiger partial charge in [0.05, 0.1) is 0 Å². The molecule has 110 valence electrons. The van der Waals surface area contributed by atoms with Crippen LogP contribution < -0.4 is 10.6 Å². The standard InChI is InChI=1S/C17H15N3S2/c18-17(21)20(14-7-2-1-3-8-14)16-13(6-4-10-19-16)12-15-9-5-11-22-15/h1-11H,12H2,(H2,18,21). The van der Waals surface area contributed by atoms with E-state index < -0.39 is 0 Å². The predicted molar refractivity (Wildman–Crippen MR) is 96.7 cm³/mol. The first-order valence-corrected chi connectivity index (χ1v) is 8.15. The monoisotopic (exact) mass is 325 g/mol. The van der Waals surface area contributed by atoms with Crippen molar-refractivity contribution < 1.29 is 0 Å². The van der Waals surface area contributed by atoms with Crippen molar-refractivity contribution in [1.29, 1.82) is 0 Å². The van der Waals surface area contributed by atoms with E-state index in [0.717, 1.165) is 23.5 Å². The molecular formula is C17H15N3S2. The lowest BCUT2D eigenvalue weighted by Gasteiger charge is -2.24. The molecule has 0 saturated carbocycles. The molecule has 0 saturated heterocycles. The van der Waals surface area contributed by atoms with Gasteiger partial charge in [0.1, 0.15) is 5.82 Å². The highest BCUT2D eigenvalue weighted by Gasteiger charge is 2.17. The molecule has 3 rings (SSSR count). The Balaban J connectivity index is 2.03. The summed E-state index contributed by atoms with van der Waals surface area (Å²) in [7, 11) is 0. The van der Waals surface area contributed by atoms with Crippen LogP contribution in [0.15, 0.2) is 66.2 Å². The summed E-state index contributed by atoms with van der Waals surface area (Å²) in [5.74, 6) is 0.787. The lowest BCUT2D eigenvalue weighted by atomic mass is 10.1. The van der Waals surface area contributed by atoms with Gasteiger partial charge in [-0.3, -0.25) is 4.90 Å². The molecule has 0 fully saturated rings. The van der Waals surface area contributed by atoms with Gasteiger partial charge in [0.15, 0.2) is 5.11 Å². The van der Waals surface area contributed by atoms with Gasteiger partial charge in [-0.1, -0.05) is 30.3 Å². The highest BCUT2D eigenvalue weighted by atomic mass is 32.1. The van der Waals surface area contributed by atoms with Crippen LogP contribution in [0, 0.1) is 0 Å². The van der Waals surface area contributed by atoms with Crippen molar-refractivity contribution in [2.45, 2.75) is 6.42 Å². The maximum absolute atomic E-state index is 5.96. The molecule has 2 heterocycles. The van der Waals surface area contributed by atoms with Gasteiger partial charge in [0.2, 0.25) is 0 Å². The summed E-state index contributed by atoms with van der Waals surface area (Å²) < 4.78 is 0. The van der Waals surface area contributed by atoms with Crippen molar-refractivity contribution in [2.24, 2.45) is 5.73 Å². The average molecular weight is 325 g/mol. The van der Waals surface area contributed by atoms with Crippen LogP contribution in [0.5, 0.6) is 0 Å². The van der Waals surface area contributed by atoms with E-state index in [0.29, 0.717) is 0 Å². The molecule has 3 nitrogen and oxygen atoms in total. The molecule has 2 N–H and O–H groups in total. The van der Waals surface area contributed by atoms with E-state index in [9.17, 15) is 0 Å². The molecule has 3 aromatic rings. The first-order chi connectivity index (χ1) is 10.8. The van der Waals surface area contributed by atoms with E-state index in [1.807, 2.05) is 41.3 Å². The van der Waals surface area contributed by atoms with Gasteiger partial charge < -0.3 is 5.73 Å². The number of anilines is 2. The maximum atomic E-state index is 5.96.